The Morgan fingerprint density at radius 1 is 1.19 bits per heavy atom. The molecule has 1 aliphatic rings. The van der Waals surface area contributed by atoms with Crippen LogP contribution in [-0.4, -0.2) is 27.8 Å². The van der Waals surface area contributed by atoms with Gasteiger partial charge in [0.15, 0.2) is 0 Å². The zero-order chi connectivity index (χ0) is 23.6. The van der Waals surface area contributed by atoms with Crippen LogP contribution in [0.5, 0.6) is 0 Å². The summed E-state index contributed by atoms with van der Waals surface area (Å²) in [5, 5.41) is 6.41. The molecule has 176 valence electrons. The molecule has 0 bridgehead atoms. The second-order valence-electron chi connectivity index (χ2n) is 7.74. The molecule has 3 rings (SSSR count). The summed E-state index contributed by atoms with van der Waals surface area (Å²) in [4.78, 5) is 26.7. The van der Waals surface area contributed by atoms with E-state index in [2.05, 4.69) is 10.4 Å². The lowest BCUT2D eigenvalue weighted by Gasteiger charge is -2.17. The van der Waals surface area contributed by atoms with Crippen LogP contribution < -0.4 is 5.32 Å². The third-order valence-electron chi connectivity index (χ3n) is 5.47. The third kappa shape index (κ3) is 4.97. The number of ether oxygens (including phenoxy) is 1. The number of aryl methyl sites for hydroxylation is 1. The topological polar surface area (TPSA) is 73.2 Å². The van der Waals surface area contributed by atoms with Crippen LogP contribution in [0.15, 0.2) is 6.07 Å². The van der Waals surface area contributed by atoms with Gasteiger partial charge in [0.05, 0.1) is 11.7 Å². The molecule has 2 aromatic rings. The van der Waals surface area contributed by atoms with E-state index in [1.54, 1.807) is 6.92 Å². The van der Waals surface area contributed by atoms with Crippen molar-refractivity contribution in [3.8, 4) is 0 Å². The first-order chi connectivity index (χ1) is 15.1. The van der Waals surface area contributed by atoms with Crippen LogP contribution in [0.1, 0.15) is 91.1 Å². The summed E-state index contributed by atoms with van der Waals surface area (Å²) in [6.45, 7) is 4.93. The lowest BCUT2D eigenvalue weighted by atomic mass is 9.95. The van der Waals surface area contributed by atoms with E-state index in [1.807, 2.05) is 6.92 Å². The van der Waals surface area contributed by atoms with Crippen LogP contribution in [0.3, 0.4) is 0 Å². The fourth-order valence-electron chi connectivity index (χ4n) is 3.53. The molecule has 32 heavy (non-hydrogen) atoms. The minimum absolute atomic E-state index is 0.280. The summed E-state index contributed by atoms with van der Waals surface area (Å²) in [7, 11) is 0. The number of thiophene rings is 1. The smallest absolute Gasteiger partial charge is 0.341 e. The number of hydrogen-bond acceptors (Lipinski definition) is 5. The van der Waals surface area contributed by atoms with Crippen molar-refractivity contribution in [2.75, 3.05) is 5.32 Å². The highest BCUT2D eigenvalue weighted by atomic mass is 32.1. The van der Waals surface area contributed by atoms with E-state index in [0.717, 1.165) is 29.7 Å². The second-order valence-corrected chi connectivity index (χ2v) is 8.85. The van der Waals surface area contributed by atoms with E-state index in [-0.39, 0.29) is 16.7 Å². The Labute approximate surface area is 186 Å². The molecule has 2 unspecified atom stereocenters. The molecule has 11 heteroatoms. The van der Waals surface area contributed by atoms with Gasteiger partial charge in [-0.05, 0) is 57.6 Å². The molecule has 0 radical (unpaired) electrons. The Hall–Kier alpha value is -2.43. The number of carbonyl (C=O) groups is 2. The predicted octanol–water partition coefficient (Wildman–Crippen LogP) is 5.85. The number of nitrogens with one attached hydrogen (secondary N) is 1. The summed E-state index contributed by atoms with van der Waals surface area (Å²) >= 11 is 1.26. The first-order valence-electron chi connectivity index (χ1n) is 10.5. The van der Waals surface area contributed by atoms with Crippen LogP contribution in [0.25, 0.3) is 0 Å². The second kappa shape index (κ2) is 10.0. The minimum Gasteiger partial charge on any atom is -0.459 e. The molecular formula is C21H25F4N3O3S. The van der Waals surface area contributed by atoms with Crippen LogP contribution in [0.4, 0.5) is 22.6 Å². The van der Waals surface area contributed by atoms with Gasteiger partial charge in [0.1, 0.15) is 22.4 Å². The van der Waals surface area contributed by atoms with Crippen molar-refractivity contribution in [1.82, 2.24) is 9.78 Å². The van der Waals surface area contributed by atoms with Gasteiger partial charge >= 0.3 is 5.97 Å². The Morgan fingerprint density at radius 2 is 1.88 bits per heavy atom. The molecule has 0 saturated heterocycles. The average Bonchev–Trinajstić information content (AvgIpc) is 3.35. The van der Waals surface area contributed by atoms with E-state index >= 15 is 0 Å². The summed E-state index contributed by atoms with van der Waals surface area (Å²) in [6.07, 6.45) is -2.52. The standard InChI is InChI=1S/C21H25F4N3O3S/c1-4-10(2)31-21(30)16-12-7-5-6-8-15(12)32-20(16)26-19(29)11(3)28-14(18(24)25)9-13(27-28)17(22)23/h9-11,17-18H,4-8H2,1-3H3,(H,26,29). The van der Waals surface area contributed by atoms with Gasteiger partial charge in [-0.25, -0.2) is 22.4 Å². The molecule has 2 atom stereocenters. The third-order valence-corrected chi connectivity index (χ3v) is 6.68. The molecule has 0 spiro atoms. The fraction of sp³-hybridized carbons (Fsp3) is 0.571. The zero-order valence-electron chi connectivity index (χ0n) is 18.0. The molecule has 0 aromatic carbocycles. The van der Waals surface area contributed by atoms with Crippen molar-refractivity contribution < 1.29 is 31.9 Å². The number of amides is 1. The monoisotopic (exact) mass is 475 g/mol. The van der Waals surface area contributed by atoms with E-state index in [0.29, 0.717) is 23.6 Å². The van der Waals surface area contributed by atoms with Crippen molar-refractivity contribution in [1.29, 1.82) is 0 Å². The number of halogens is 4. The maximum atomic E-state index is 13.3. The number of rotatable bonds is 8. The maximum absolute atomic E-state index is 13.3. The average molecular weight is 476 g/mol. The maximum Gasteiger partial charge on any atom is 0.341 e. The number of carbonyl (C=O) groups excluding carboxylic acids is 2. The highest BCUT2D eigenvalue weighted by Gasteiger charge is 2.31. The van der Waals surface area contributed by atoms with Crippen molar-refractivity contribution >= 4 is 28.2 Å². The van der Waals surface area contributed by atoms with Crippen LogP contribution in [0, 0.1) is 0 Å². The van der Waals surface area contributed by atoms with Crippen molar-refractivity contribution in [3.05, 3.63) is 33.5 Å². The first kappa shape index (κ1) is 24.2. The van der Waals surface area contributed by atoms with Gasteiger partial charge in [-0.2, -0.15) is 5.10 Å². The fourth-order valence-corrected chi connectivity index (χ4v) is 4.81. The molecular weight excluding hydrogens is 450 g/mol. The van der Waals surface area contributed by atoms with Crippen molar-refractivity contribution in [2.45, 2.75) is 77.9 Å². The van der Waals surface area contributed by atoms with E-state index in [1.165, 1.54) is 18.3 Å². The van der Waals surface area contributed by atoms with Gasteiger partial charge in [-0.3, -0.25) is 9.48 Å². The molecule has 0 aliphatic heterocycles. The Balaban J connectivity index is 1.91. The largest absolute Gasteiger partial charge is 0.459 e. The normalized spacial score (nSPS) is 15.5. The number of alkyl halides is 4. The summed E-state index contributed by atoms with van der Waals surface area (Å²) in [5.74, 6) is -1.29. The van der Waals surface area contributed by atoms with E-state index in [4.69, 9.17) is 4.74 Å². The highest BCUT2D eigenvalue weighted by molar-refractivity contribution is 7.17. The lowest BCUT2D eigenvalue weighted by molar-refractivity contribution is -0.119. The van der Waals surface area contributed by atoms with Crippen LogP contribution >= 0.6 is 11.3 Å². The highest BCUT2D eigenvalue weighted by Crippen LogP contribution is 2.39. The summed E-state index contributed by atoms with van der Waals surface area (Å²) in [5.41, 5.74) is -0.479. The minimum atomic E-state index is -3.08. The molecule has 1 N–H and O–H groups in total. The molecule has 0 fully saturated rings. The molecule has 0 saturated carbocycles. The van der Waals surface area contributed by atoms with Gasteiger partial charge < -0.3 is 10.1 Å². The summed E-state index contributed by atoms with van der Waals surface area (Å²) < 4.78 is 58.7. The summed E-state index contributed by atoms with van der Waals surface area (Å²) in [6, 6.07) is -0.707. The number of esters is 1. The number of nitrogens with zero attached hydrogens (tertiary/aromatic N) is 2. The zero-order valence-corrected chi connectivity index (χ0v) is 18.8. The molecule has 6 nitrogen and oxygen atoms in total. The Morgan fingerprint density at radius 3 is 2.50 bits per heavy atom. The number of aromatic nitrogens is 2. The van der Waals surface area contributed by atoms with Gasteiger partial charge in [-0.1, -0.05) is 6.92 Å². The molecule has 1 amide bonds. The van der Waals surface area contributed by atoms with Gasteiger partial charge in [0.25, 0.3) is 12.9 Å². The lowest BCUT2D eigenvalue weighted by Crippen LogP contribution is -2.26. The van der Waals surface area contributed by atoms with Crippen molar-refractivity contribution in [2.24, 2.45) is 0 Å². The van der Waals surface area contributed by atoms with Crippen molar-refractivity contribution in [3.63, 3.8) is 0 Å². The van der Waals surface area contributed by atoms with E-state index < -0.39 is 42.2 Å². The van der Waals surface area contributed by atoms with Crippen LogP contribution in [-0.2, 0) is 22.4 Å². The van der Waals surface area contributed by atoms with Gasteiger partial charge in [0.2, 0.25) is 5.91 Å². The Kier molecular flexibility index (Phi) is 7.58. The van der Waals surface area contributed by atoms with E-state index in [9.17, 15) is 27.2 Å². The Bertz CT molecular complexity index is 989. The number of hydrogen-bond donors (Lipinski definition) is 1. The predicted molar refractivity (Wildman–Crippen MR) is 112 cm³/mol. The van der Waals surface area contributed by atoms with Crippen LogP contribution in [0.2, 0.25) is 0 Å². The van der Waals surface area contributed by atoms with Gasteiger partial charge in [-0.15, -0.1) is 11.3 Å². The molecule has 2 heterocycles. The molecule has 1 aliphatic carbocycles. The molecule has 2 aromatic heterocycles. The number of fused-ring (bicyclic) bond motifs is 1. The SMILES string of the molecule is CCC(C)OC(=O)c1c(NC(=O)C(C)n2nc(C(F)F)cc2C(F)F)sc2c1CCCC2. The quantitative estimate of drug-likeness (QED) is 0.384. The first-order valence-corrected chi connectivity index (χ1v) is 11.3. The van der Waals surface area contributed by atoms with Gasteiger partial charge in [0, 0.05) is 4.88 Å². The number of anilines is 1.